The molecule has 0 N–H and O–H groups in total. The Morgan fingerprint density at radius 2 is 2.05 bits per heavy atom. The summed E-state index contributed by atoms with van der Waals surface area (Å²) in [6.45, 7) is 6.59. The summed E-state index contributed by atoms with van der Waals surface area (Å²) in [4.78, 5) is 7.02. The van der Waals surface area contributed by atoms with Crippen LogP contribution in [-0.4, -0.2) is 35.1 Å². The average Bonchev–Trinajstić information content (AvgIpc) is 2.87. The molecule has 19 heavy (non-hydrogen) atoms. The van der Waals surface area contributed by atoms with Crippen LogP contribution in [0.2, 0.25) is 0 Å². The van der Waals surface area contributed by atoms with Crippen LogP contribution in [0.4, 0.5) is 0 Å². The van der Waals surface area contributed by atoms with E-state index in [1.165, 1.54) is 0 Å². The minimum absolute atomic E-state index is 0.274. The molecule has 0 saturated carbocycles. The van der Waals surface area contributed by atoms with Crippen molar-refractivity contribution in [3.05, 3.63) is 36.4 Å². The molecule has 0 amide bonds. The van der Waals surface area contributed by atoms with Crippen molar-refractivity contribution in [1.82, 2.24) is 9.88 Å². The maximum absolute atomic E-state index is 6.01. The largest absolute Gasteiger partial charge is 0.473 e. The van der Waals surface area contributed by atoms with Crippen LogP contribution < -0.4 is 4.74 Å². The van der Waals surface area contributed by atoms with Crippen LogP contribution >= 0.6 is 0 Å². The van der Waals surface area contributed by atoms with Crippen LogP contribution in [-0.2, 0) is 0 Å². The zero-order chi connectivity index (χ0) is 13.2. The van der Waals surface area contributed by atoms with Gasteiger partial charge in [0.1, 0.15) is 6.10 Å². The lowest BCUT2D eigenvalue weighted by atomic mass is 10.2. The standard InChI is InChI=1S/C16H20N2O/c1-12(2)18-10-9-14(11-18)19-16-8-7-13-5-3-4-6-15(13)17-16/h3-8,12,14H,9-11H2,1-2H3. The van der Waals surface area contributed by atoms with E-state index in [0.29, 0.717) is 6.04 Å². The van der Waals surface area contributed by atoms with E-state index in [2.05, 4.69) is 35.9 Å². The quantitative estimate of drug-likeness (QED) is 0.843. The summed E-state index contributed by atoms with van der Waals surface area (Å²) in [7, 11) is 0. The summed E-state index contributed by atoms with van der Waals surface area (Å²) < 4.78 is 6.01. The zero-order valence-electron chi connectivity index (χ0n) is 11.5. The van der Waals surface area contributed by atoms with Crippen molar-refractivity contribution in [2.45, 2.75) is 32.4 Å². The molecular weight excluding hydrogens is 236 g/mol. The lowest BCUT2D eigenvalue weighted by Gasteiger charge is -2.20. The van der Waals surface area contributed by atoms with E-state index in [1.807, 2.05) is 24.3 Å². The highest BCUT2D eigenvalue weighted by Gasteiger charge is 2.25. The number of benzene rings is 1. The fourth-order valence-corrected chi connectivity index (χ4v) is 2.60. The minimum Gasteiger partial charge on any atom is -0.473 e. The van der Waals surface area contributed by atoms with E-state index < -0.39 is 0 Å². The Kier molecular flexibility index (Phi) is 3.38. The number of para-hydroxylation sites is 1. The molecule has 0 radical (unpaired) electrons. The van der Waals surface area contributed by atoms with Crippen molar-refractivity contribution in [2.75, 3.05) is 13.1 Å². The number of fused-ring (bicyclic) bond motifs is 1. The summed E-state index contributed by atoms with van der Waals surface area (Å²) in [6.07, 6.45) is 1.36. The van der Waals surface area contributed by atoms with Crippen molar-refractivity contribution in [2.24, 2.45) is 0 Å². The van der Waals surface area contributed by atoms with Crippen LogP contribution in [0.3, 0.4) is 0 Å². The van der Waals surface area contributed by atoms with Gasteiger partial charge in [0.15, 0.2) is 0 Å². The van der Waals surface area contributed by atoms with E-state index >= 15 is 0 Å². The fraction of sp³-hybridized carbons (Fsp3) is 0.438. The molecule has 1 aliphatic heterocycles. The molecule has 1 aliphatic rings. The van der Waals surface area contributed by atoms with Gasteiger partial charge in [-0.1, -0.05) is 18.2 Å². The van der Waals surface area contributed by atoms with Crippen molar-refractivity contribution in [3.8, 4) is 5.88 Å². The topological polar surface area (TPSA) is 25.4 Å². The number of hydrogen-bond acceptors (Lipinski definition) is 3. The van der Waals surface area contributed by atoms with Gasteiger partial charge in [-0.3, -0.25) is 4.90 Å². The summed E-state index contributed by atoms with van der Waals surface area (Å²) in [5, 5.41) is 1.16. The number of nitrogens with zero attached hydrogens (tertiary/aromatic N) is 2. The summed E-state index contributed by atoms with van der Waals surface area (Å²) >= 11 is 0. The lowest BCUT2D eigenvalue weighted by Crippen LogP contribution is -2.30. The Hall–Kier alpha value is -1.61. The maximum Gasteiger partial charge on any atom is 0.214 e. The molecule has 0 bridgehead atoms. The number of pyridine rings is 1. The monoisotopic (exact) mass is 256 g/mol. The third kappa shape index (κ3) is 2.71. The maximum atomic E-state index is 6.01. The predicted octanol–water partition coefficient (Wildman–Crippen LogP) is 3.10. The molecule has 3 nitrogen and oxygen atoms in total. The highest BCUT2D eigenvalue weighted by Crippen LogP contribution is 2.21. The third-order valence-corrected chi connectivity index (χ3v) is 3.77. The normalized spacial score (nSPS) is 20.3. The smallest absolute Gasteiger partial charge is 0.214 e. The molecule has 2 aromatic rings. The van der Waals surface area contributed by atoms with Gasteiger partial charge in [-0.15, -0.1) is 0 Å². The Balaban J connectivity index is 1.72. The zero-order valence-corrected chi connectivity index (χ0v) is 11.5. The van der Waals surface area contributed by atoms with Crippen molar-refractivity contribution >= 4 is 10.9 Å². The molecule has 0 aliphatic carbocycles. The second-order valence-electron chi connectivity index (χ2n) is 5.46. The molecule has 3 rings (SSSR count). The van der Waals surface area contributed by atoms with E-state index in [4.69, 9.17) is 4.74 Å². The van der Waals surface area contributed by atoms with Gasteiger partial charge in [-0.25, -0.2) is 4.98 Å². The molecule has 100 valence electrons. The SMILES string of the molecule is CC(C)N1CCC(Oc2ccc3ccccc3n2)C1. The van der Waals surface area contributed by atoms with E-state index in [-0.39, 0.29) is 6.10 Å². The summed E-state index contributed by atoms with van der Waals surface area (Å²) in [5.74, 6) is 0.745. The first-order chi connectivity index (χ1) is 9.22. The molecule has 1 saturated heterocycles. The molecular formula is C16H20N2O. The van der Waals surface area contributed by atoms with Crippen LogP contribution in [0, 0.1) is 0 Å². The molecule has 1 fully saturated rings. The van der Waals surface area contributed by atoms with Crippen molar-refractivity contribution in [1.29, 1.82) is 0 Å². The Bertz CT molecular complexity index is 567. The first-order valence-corrected chi connectivity index (χ1v) is 6.99. The predicted molar refractivity (Wildman–Crippen MR) is 77.5 cm³/mol. The first-order valence-electron chi connectivity index (χ1n) is 6.99. The van der Waals surface area contributed by atoms with Crippen molar-refractivity contribution in [3.63, 3.8) is 0 Å². The van der Waals surface area contributed by atoms with E-state index in [1.54, 1.807) is 0 Å². The Morgan fingerprint density at radius 1 is 1.21 bits per heavy atom. The van der Waals surface area contributed by atoms with Gasteiger partial charge in [0, 0.05) is 30.6 Å². The van der Waals surface area contributed by atoms with Crippen LogP contribution in [0.1, 0.15) is 20.3 Å². The molecule has 2 heterocycles. The Labute approximate surface area is 114 Å². The fourth-order valence-electron chi connectivity index (χ4n) is 2.60. The number of likely N-dealkylation sites (tertiary alicyclic amines) is 1. The number of rotatable bonds is 3. The average molecular weight is 256 g/mol. The van der Waals surface area contributed by atoms with E-state index in [9.17, 15) is 0 Å². The number of hydrogen-bond donors (Lipinski definition) is 0. The van der Waals surface area contributed by atoms with E-state index in [0.717, 1.165) is 36.3 Å². The highest BCUT2D eigenvalue weighted by molar-refractivity contribution is 5.78. The highest BCUT2D eigenvalue weighted by atomic mass is 16.5. The molecule has 1 atom stereocenters. The molecule has 1 aromatic heterocycles. The Morgan fingerprint density at radius 3 is 2.84 bits per heavy atom. The number of aromatic nitrogens is 1. The van der Waals surface area contributed by atoms with Gasteiger partial charge >= 0.3 is 0 Å². The molecule has 0 spiro atoms. The first kappa shape index (κ1) is 12.4. The van der Waals surface area contributed by atoms with Crippen LogP contribution in [0.5, 0.6) is 5.88 Å². The number of ether oxygens (including phenoxy) is 1. The van der Waals surface area contributed by atoms with Gasteiger partial charge in [-0.05, 0) is 32.4 Å². The second kappa shape index (κ2) is 5.17. The van der Waals surface area contributed by atoms with Gasteiger partial charge < -0.3 is 4.74 Å². The van der Waals surface area contributed by atoms with Gasteiger partial charge in [0.05, 0.1) is 5.52 Å². The molecule has 1 unspecified atom stereocenters. The second-order valence-corrected chi connectivity index (χ2v) is 5.46. The lowest BCUT2D eigenvalue weighted by molar-refractivity contribution is 0.182. The van der Waals surface area contributed by atoms with Gasteiger partial charge in [0.25, 0.3) is 0 Å². The van der Waals surface area contributed by atoms with Crippen LogP contribution in [0.25, 0.3) is 10.9 Å². The molecule has 1 aromatic carbocycles. The molecule has 3 heteroatoms. The summed E-state index contributed by atoms with van der Waals surface area (Å²) in [5.41, 5.74) is 0.999. The van der Waals surface area contributed by atoms with Crippen LogP contribution in [0.15, 0.2) is 36.4 Å². The van der Waals surface area contributed by atoms with Gasteiger partial charge in [0.2, 0.25) is 5.88 Å². The minimum atomic E-state index is 0.274. The third-order valence-electron chi connectivity index (χ3n) is 3.77. The van der Waals surface area contributed by atoms with Gasteiger partial charge in [-0.2, -0.15) is 0 Å². The van der Waals surface area contributed by atoms with Crippen molar-refractivity contribution < 1.29 is 4.74 Å². The summed E-state index contributed by atoms with van der Waals surface area (Å²) in [6, 6.07) is 12.8.